The van der Waals surface area contributed by atoms with Crippen LogP contribution in [0.25, 0.3) is 16.9 Å². The second-order valence-corrected chi connectivity index (χ2v) is 8.48. The van der Waals surface area contributed by atoms with Gasteiger partial charge in [-0.2, -0.15) is 0 Å². The topological polar surface area (TPSA) is 74.6 Å². The average molecular weight is 423 g/mol. The van der Waals surface area contributed by atoms with Crippen molar-refractivity contribution in [1.82, 2.24) is 24.8 Å². The third kappa shape index (κ3) is 4.69. The molecule has 8 heteroatoms. The van der Waals surface area contributed by atoms with Crippen LogP contribution in [-0.4, -0.2) is 64.3 Å². The van der Waals surface area contributed by atoms with Gasteiger partial charge >= 0.3 is 0 Å². The van der Waals surface area contributed by atoms with E-state index >= 15 is 0 Å². The number of nitrogens with one attached hydrogen (secondary N) is 2. The average Bonchev–Trinajstić information content (AvgIpc) is 3.38. The number of carbonyl (C=O) groups excluding carboxylic acids is 1. The van der Waals surface area contributed by atoms with E-state index in [4.69, 9.17) is 0 Å². The van der Waals surface area contributed by atoms with E-state index in [1.165, 1.54) is 12.8 Å². The smallest absolute Gasteiger partial charge is 0.251 e. The molecule has 1 amide bonds. The summed E-state index contributed by atoms with van der Waals surface area (Å²) in [6, 6.07) is 11.4. The fourth-order valence-electron chi connectivity index (χ4n) is 3.95. The molecular formula is C23H27FN6O. The third-order valence-corrected chi connectivity index (χ3v) is 6.00. The summed E-state index contributed by atoms with van der Waals surface area (Å²) in [6.45, 7) is 3.38. The Morgan fingerprint density at radius 3 is 2.71 bits per heavy atom. The zero-order valence-electron chi connectivity index (χ0n) is 17.4. The minimum absolute atomic E-state index is 0.120. The predicted molar refractivity (Wildman–Crippen MR) is 118 cm³/mol. The van der Waals surface area contributed by atoms with Crippen molar-refractivity contribution >= 4 is 17.4 Å². The summed E-state index contributed by atoms with van der Waals surface area (Å²) >= 11 is 0. The van der Waals surface area contributed by atoms with Gasteiger partial charge in [-0.15, -0.1) is 5.10 Å². The van der Waals surface area contributed by atoms with Crippen molar-refractivity contribution in [2.45, 2.75) is 25.4 Å². The third-order valence-electron chi connectivity index (χ3n) is 6.00. The lowest BCUT2D eigenvalue weighted by atomic mass is 10.1. The number of likely N-dealkylation sites (tertiary alicyclic amines) is 1. The van der Waals surface area contributed by atoms with Crippen molar-refractivity contribution in [3.8, 4) is 11.3 Å². The number of aromatic nitrogens is 3. The van der Waals surface area contributed by atoms with E-state index in [9.17, 15) is 9.18 Å². The quantitative estimate of drug-likeness (QED) is 0.584. The molecule has 1 aliphatic carbocycles. The van der Waals surface area contributed by atoms with Crippen LogP contribution in [-0.2, 0) is 0 Å². The van der Waals surface area contributed by atoms with Gasteiger partial charge in [-0.05, 0) is 49.4 Å². The van der Waals surface area contributed by atoms with Crippen molar-refractivity contribution < 1.29 is 9.18 Å². The number of amides is 1. The molecule has 1 aromatic carbocycles. The van der Waals surface area contributed by atoms with Crippen molar-refractivity contribution in [3.05, 3.63) is 48.2 Å². The first-order chi connectivity index (χ1) is 15.2. The van der Waals surface area contributed by atoms with Gasteiger partial charge in [-0.3, -0.25) is 9.69 Å². The molecule has 162 valence electrons. The molecule has 2 N–H and O–H groups in total. The molecule has 2 fully saturated rings. The summed E-state index contributed by atoms with van der Waals surface area (Å²) in [5.74, 6) is 1.49. The van der Waals surface area contributed by atoms with Gasteiger partial charge in [0.05, 0.1) is 11.9 Å². The molecule has 5 rings (SSSR count). The van der Waals surface area contributed by atoms with Gasteiger partial charge in [0.2, 0.25) is 0 Å². The monoisotopic (exact) mass is 422 g/mol. The Morgan fingerprint density at radius 2 is 1.97 bits per heavy atom. The van der Waals surface area contributed by atoms with Gasteiger partial charge in [0.25, 0.3) is 5.91 Å². The number of hydrogen-bond acceptors (Lipinski definition) is 5. The minimum Gasteiger partial charge on any atom is -0.368 e. The number of alkyl halides is 1. The highest BCUT2D eigenvalue weighted by atomic mass is 19.1. The lowest BCUT2D eigenvalue weighted by molar-refractivity contribution is 0.0949. The molecule has 1 aliphatic heterocycles. The Balaban J connectivity index is 1.23. The molecule has 1 saturated carbocycles. The molecule has 0 unspecified atom stereocenters. The van der Waals surface area contributed by atoms with Crippen molar-refractivity contribution in [2.75, 3.05) is 38.0 Å². The number of nitrogens with zero attached hydrogens (tertiary/aromatic N) is 4. The molecule has 3 aromatic rings. The Bertz CT molecular complexity index is 1060. The Labute approximate surface area is 180 Å². The van der Waals surface area contributed by atoms with Crippen LogP contribution < -0.4 is 10.6 Å². The highest BCUT2D eigenvalue weighted by Crippen LogP contribution is 2.29. The van der Waals surface area contributed by atoms with E-state index in [-0.39, 0.29) is 5.91 Å². The van der Waals surface area contributed by atoms with Gasteiger partial charge in [0.1, 0.15) is 12.0 Å². The van der Waals surface area contributed by atoms with Gasteiger partial charge < -0.3 is 10.6 Å². The van der Waals surface area contributed by atoms with E-state index in [0.29, 0.717) is 31.6 Å². The molecule has 1 atom stereocenters. The fourth-order valence-corrected chi connectivity index (χ4v) is 3.95. The van der Waals surface area contributed by atoms with Crippen LogP contribution in [0.3, 0.4) is 0 Å². The standard InChI is InChI=1S/C23H27FN6O/c24-19-9-11-29(15-19)12-10-25-23(31)18-5-3-17(4-6-18)20-14-27-22-8-7-21(28-30(20)22)26-13-16-1-2-16/h3-8,14,16,19H,1-2,9-13,15H2,(H,25,31)(H,26,28)/t19-/m1/s1. The highest BCUT2D eigenvalue weighted by Gasteiger charge is 2.22. The van der Waals surface area contributed by atoms with Gasteiger partial charge in [-0.1, -0.05) is 12.1 Å². The van der Waals surface area contributed by atoms with Crippen LogP contribution in [0.1, 0.15) is 29.6 Å². The summed E-state index contributed by atoms with van der Waals surface area (Å²) < 4.78 is 15.1. The van der Waals surface area contributed by atoms with Crippen LogP contribution in [0.5, 0.6) is 0 Å². The SMILES string of the molecule is O=C(NCCN1CC[C@@H](F)C1)c1ccc(-c2cnc3ccc(NCC4CC4)nn23)cc1. The molecule has 1 saturated heterocycles. The fraction of sp³-hybridized carbons (Fsp3) is 0.435. The van der Waals surface area contributed by atoms with E-state index in [1.807, 2.05) is 45.8 Å². The van der Waals surface area contributed by atoms with Gasteiger partial charge in [-0.25, -0.2) is 13.9 Å². The summed E-state index contributed by atoms with van der Waals surface area (Å²) in [5, 5.41) is 11.0. The summed E-state index contributed by atoms with van der Waals surface area (Å²) in [7, 11) is 0. The molecule has 0 bridgehead atoms. The molecule has 2 aliphatic rings. The Morgan fingerprint density at radius 1 is 1.13 bits per heavy atom. The molecule has 0 spiro atoms. The first-order valence-electron chi connectivity index (χ1n) is 11.0. The summed E-state index contributed by atoms with van der Waals surface area (Å²) in [4.78, 5) is 18.9. The van der Waals surface area contributed by atoms with Crippen LogP contribution in [0.15, 0.2) is 42.6 Å². The van der Waals surface area contributed by atoms with Gasteiger partial charge in [0.15, 0.2) is 5.65 Å². The lowest BCUT2D eigenvalue weighted by Gasteiger charge is -2.14. The number of anilines is 1. The highest BCUT2D eigenvalue weighted by molar-refractivity contribution is 5.94. The molecular weight excluding hydrogens is 395 g/mol. The number of carbonyl (C=O) groups is 1. The maximum atomic E-state index is 13.2. The lowest BCUT2D eigenvalue weighted by Crippen LogP contribution is -2.34. The summed E-state index contributed by atoms with van der Waals surface area (Å²) in [6.07, 6.45) is 4.24. The first-order valence-corrected chi connectivity index (χ1v) is 11.0. The number of hydrogen-bond donors (Lipinski definition) is 2. The van der Waals surface area contributed by atoms with Crippen LogP contribution in [0.4, 0.5) is 10.2 Å². The largest absolute Gasteiger partial charge is 0.368 e. The number of halogens is 1. The zero-order chi connectivity index (χ0) is 21.2. The van der Waals surface area contributed by atoms with Crippen molar-refractivity contribution in [1.29, 1.82) is 0 Å². The number of fused-ring (bicyclic) bond motifs is 1. The van der Waals surface area contributed by atoms with Crippen molar-refractivity contribution in [3.63, 3.8) is 0 Å². The molecule has 3 heterocycles. The Hall–Kier alpha value is -3.00. The molecule has 31 heavy (non-hydrogen) atoms. The molecule has 0 radical (unpaired) electrons. The van der Waals surface area contributed by atoms with E-state index in [0.717, 1.165) is 41.7 Å². The van der Waals surface area contributed by atoms with E-state index < -0.39 is 6.17 Å². The van der Waals surface area contributed by atoms with Crippen LogP contribution in [0, 0.1) is 5.92 Å². The molecule has 2 aromatic heterocycles. The van der Waals surface area contributed by atoms with E-state index in [1.54, 1.807) is 6.20 Å². The van der Waals surface area contributed by atoms with Crippen LogP contribution in [0.2, 0.25) is 0 Å². The van der Waals surface area contributed by atoms with Crippen molar-refractivity contribution in [2.24, 2.45) is 5.92 Å². The minimum atomic E-state index is -0.734. The first kappa shape index (κ1) is 19.9. The van der Waals surface area contributed by atoms with E-state index in [2.05, 4.69) is 20.7 Å². The number of imidazole rings is 1. The maximum absolute atomic E-state index is 13.2. The number of benzene rings is 1. The zero-order valence-corrected chi connectivity index (χ0v) is 17.4. The summed E-state index contributed by atoms with van der Waals surface area (Å²) in [5.41, 5.74) is 3.21. The normalized spacial score (nSPS) is 19.1. The number of rotatable bonds is 8. The maximum Gasteiger partial charge on any atom is 0.251 e. The predicted octanol–water partition coefficient (Wildman–Crippen LogP) is 2.99. The second kappa shape index (κ2) is 8.63. The molecule has 7 nitrogen and oxygen atoms in total. The van der Waals surface area contributed by atoms with Crippen LogP contribution >= 0.6 is 0 Å². The second-order valence-electron chi connectivity index (χ2n) is 8.48. The van der Waals surface area contributed by atoms with Gasteiger partial charge in [0, 0.05) is 43.9 Å². The Kier molecular flexibility index (Phi) is 5.55.